The molecule has 2 nitrogen and oxygen atoms in total. The highest BCUT2D eigenvalue weighted by atomic mass is 16.5. The predicted molar refractivity (Wildman–Crippen MR) is 42.0 cm³/mol. The molecule has 0 aliphatic heterocycles. The molecule has 0 aromatic rings. The Bertz CT molecular complexity index is 56.3. The molecule has 0 bridgehead atoms. The van der Waals surface area contributed by atoms with Crippen molar-refractivity contribution in [3.8, 4) is 0 Å². The molecule has 0 aromatic heterocycles. The van der Waals surface area contributed by atoms with Crippen molar-refractivity contribution in [1.29, 1.82) is 0 Å². The Morgan fingerprint density at radius 3 is 2.60 bits per heavy atom. The van der Waals surface area contributed by atoms with Gasteiger partial charge in [0.2, 0.25) is 0 Å². The van der Waals surface area contributed by atoms with E-state index in [4.69, 9.17) is 4.74 Å². The van der Waals surface area contributed by atoms with Crippen LogP contribution in [0.15, 0.2) is 0 Å². The Kier molecular flexibility index (Phi) is 6.98. The first-order chi connectivity index (χ1) is 4.81. The zero-order valence-corrected chi connectivity index (χ0v) is 6.97. The Hall–Kier alpha value is -0.0800. The molecule has 0 unspecified atom stereocenters. The van der Waals surface area contributed by atoms with Gasteiger partial charge in [0.1, 0.15) is 0 Å². The Morgan fingerprint density at radius 1 is 1.40 bits per heavy atom. The van der Waals surface area contributed by atoms with Crippen molar-refractivity contribution >= 4 is 0 Å². The average molecular weight is 146 g/mol. The molecule has 62 valence electrons. The van der Waals surface area contributed by atoms with Gasteiger partial charge < -0.3 is 9.84 Å². The van der Waals surface area contributed by atoms with E-state index in [0.29, 0.717) is 6.61 Å². The second-order valence-electron chi connectivity index (χ2n) is 2.58. The molecular formula is C8H18O2. The second kappa shape index (κ2) is 7.03. The van der Waals surface area contributed by atoms with Crippen molar-refractivity contribution in [1.82, 2.24) is 0 Å². The molecule has 1 N–H and O–H groups in total. The van der Waals surface area contributed by atoms with Gasteiger partial charge in [-0.05, 0) is 12.8 Å². The van der Waals surface area contributed by atoms with E-state index in [0.717, 1.165) is 25.7 Å². The summed E-state index contributed by atoms with van der Waals surface area (Å²) in [5.41, 5.74) is 0. The fourth-order valence-electron chi connectivity index (χ4n) is 0.838. The van der Waals surface area contributed by atoms with Crippen LogP contribution in [0.1, 0.15) is 32.6 Å². The SMILES string of the molecule is CCCC[C@H](O)CCOC. The maximum Gasteiger partial charge on any atom is 0.0562 e. The largest absolute Gasteiger partial charge is 0.393 e. The minimum absolute atomic E-state index is 0.153. The van der Waals surface area contributed by atoms with E-state index in [1.54, 1.807) is 7.11 Å². The summed E-state index contributed by atoms with van der Waals surface area (Å²) < 4.78 is 4.83. The highest BCUT2D eigenvalue weighted by Crippen LogP contribution is 2.03. The van der Waals surface area contributed by atoms with Crippen molar-refractivity contribution in [2.45, 2.75) is 38.7 Å². The molecule has 10 heavy (non-hydrogen) atoms. The maximum atomic E-state index is 9.23. The highest BCUT2D eigenvalue weighted by Gasteiger charge is 2.01. The van der Waals surface area contributed by atoms with Gasteiger partial charge in [-0.3, -0.25) is 0 Å². The molecule has 0 spiro atoms. The quantitative estimate of drug-likeness (QED) is 0.616. The number of aliphatic hydroxyl groups excluding tert-OH is 1. The minimum Gasteiger partial charge on any atom is -0.393 e. The standard InChI is InChI=1S/C8H18O2/c1-3-4-5-8(9)6-7-10-2/h8-9H,3-7H2,1-2H3/t8-/m0/s1. The first-order valence-corrected chi connectivity index (χ1v) is 3.98. The molecule has 0 aliphatic rings. The van der Waals surface area contributed by atoms with Gasteiger partial charge in [-0.15, -0.1) is 0 Å². The third-order valence-corrected chi connectivity index (χ3v) is 1.55. The van der Waals surface area contributed by atoms with Crippen LogP contribution in [0.5, 0.6) is 0 Å². The fourth-order valence-corrected chi connectivity index (χ4v) is 0.838. The summed E-state index contributed by atoms with van der Waals surface area (Å²) in [5.74, 6) is 0. The minimum atomic E-state index is -0.153. The van der Waals surface area contributed by atoms with E-state index in [9.17, 15) is 5.11 Å². The van der Waals surface area contributed by atoms with Crippen molar-refractivity contribution < 1.29 is 9.84 Å². The maximum absolute atomic E-state index is 9.23. The summed E-state index contributed by atoms with van der Waals surface area (Å²) in [6, 6.07) is 0. The third-order valence-electron chi connectivity index (χ3n) is 1.55. The van der Waals surface area contributed by atoms with Gasteiger partial charge in [0.15, 0.2) is 0 Å². The number of rotatable bonds is 6. The van der Waals surface area contributed by atoms with E-state index < -0.39 is 0 Å². The van der Waals surface area contributed by atoms with Crippen LogP contribution in [0.3, 0.4) is 0 Å². The number of aliphatic hydroxyl groups is 1. The Labute approximate surface area is 63.2 Å². The summed E-state index contributed by atoms with van der Waals surface area (Å²) in [6.07, 6.45) is 3.81. The molecule has 0 radical (unpaired) electrons. The van der Waals surface area contributed by atoms with Gasteiger partial charge in [0.25, 0.3) is 0 Å². The first kappa shape index (κ1) is 9.92. The van der Waals surface area contributed by atoms with Crippen LogP contribution in [0, 0.1) is 0 Å². The van der Waals surface area contributed by atoms with Gasteiger partial charge in [-0.25, -0.2) is 0 Å². The van der Waals surface area contributed by atoms with Crippen molar-refractivity contribution in [2.24, 2.45) is 0 Å². The summed E-state index contributed by atoms with van der Waals surface area (Å²) in [4.78, 5) is 0. The van der Waals surface area contributed by atoms with Crippen molar-refractivity contribution in [3.63, 3.8) is 0 Å². The molecule has 2 heteroatoms. The van der Waals surface area contributed by atoms with Crippen LogP contribution in [0.2, 0.25) is 0 Å². The van der Waals surface area contributed by atoms with E-state index in [-0.39, 0.29) is 6.10 Å². The summed E-state index contributed by atoms with van der Waals surface area (Å²) in [7, 11) is 1.66. The number of unbranched alkanes of at least 4 members (excludes halogenated alkanes) is 1. The van der Waals surface area contributed by atoms with Gasteiger partial charge in [0, 0.05) is 13.7 Å². The van der Waals surface area contributed by atoms with Gasteiger partial charge in [-0.2, -0.15) is 0 Å². The van der Waals surface area contributed by atoms with E-state index in [2.05, 4.69) is 6.92 Å². The van der Waals surface area contributed by atoms with Crippen LogP contribution < -0.4 is 0 Å². The third kappa shape index (κ3) is 6.05. The molecule has 0 aliphatic carbocycles. The second-order valence-corrected chi connectivity index (χ2v) is 2.58. The molecular weight excluding hydrogens is 128 g/mol. The monoisotopic (exact) mass is 146 g/mol. The number of hydrogen-bond acceptors (Lipinski definition) is 2. The lowest BCUT2D eigenvalue weighted by atomic mass is 10.1. The molecule has 0 aromatic carbocycles. The summed E-state index contributed by atoms with van der Waals surface area (Å²) in [6.45, 7) is 2.80. The van der Waals surface area contributed by atoms with E-state index in [1.165, 1.54) is 0 Å². The van der Waals surface area contributed by atoms with Crippen LogP contribution >= 0.6 is 0 Å². The summed E-state index contributed by atoms with van der Waals surface area (Å²) in [5, 5.41) is 9.23. The lowest BCUT2D eigenvalue weighted by Crippen LogP contribution is -2.09. The summed E-state index contributed by atoms with van der Waals surface area (Å²) >= 11 is 0. The Balaban J connectivity index is 3.00. The van der Waals surface area contributed by atoms with Crippen LogP contribution in [-0.4, -0.2) is 24.9 Å². The zero-order valence-electron chi connectivity index (χ0n) is 6.97. The predicted octanol–water partition coefficient (Wildman–Crippen LogP) is 1.57. The first-order valence-electron chi connectivity index (χ1n) is 3.98. The zero-order chi connectivity index (χ0) is 7.82. The topological polar surface area (TPSA) is 29.5 Å². The fraction of sp³-hybridized carbons (Fsp3) is 1.00. The molecule has 0 rings (SSSR count). The smallest absolute Gasteiger partial charge is 0.0562 e. The van der Waals surface area contributed by atoms with Crippen LogP contribution in [-0.2, 0) is 4.74 Å². The Morgan fingerprint density at radius 2 is 2.10 bits per heavy atom. The van der Waals surface area contributed by atoms with Gasteiger partial charge in [0.05, 0.1) is 6.10 Å². The molecule has 0 fully saturated rings. The lowest BCUT2D eigenvalue weighted by Gasteiger charge is -2.07. The number of hydrogen-bond donors (Lipinski definition) is 1. The number of methoxy groups -OCH3 is 1. The average Bonchev–Trinajstić information content (AvgIpc) is 1.97. The lowest BCUT2D eigenvalue weighted by molar-refractivity contribution is 0.102. The molecule has 0 heterocycles. The normalized spacial score (nSPS) is 13.5. The highest BCUT2D eigenvalue weighted by molar-refractivity contribution is 4.53. The molecule has 0 saturated heterocycles. The molecule has 1 atom stereocenters. The van der Waals surface area contributed by atoms with E-state index in [1.807, 2.05) is 0 Å². The number of ether oxygens (including phenoxy) is 1. The molecule has 0 amide bonds. The molecule has 0 saturated carbocycles. The van der Waals surface area contributed by atoms with E-state index >= 15 is 0 Å². The van der Waals surface area contributed by atoms with Crippen LogP contribution in [0.25, 0.3) is 0 Å². The van der Waals surface area contributed by atoms with Crippen molar-refractivity contribution in [2.75, 3.05) is 13.7 Å². The van der Waals surface area contributed by atoms with Gasteiger partial charge in [-0.1, -0.05) is 19.8 Å². The van der Waals surface area contributed by atoms with Crippen LogP contribution in [0.4, 0.5) is 0 Å². The van der Waals surface area contributed by atoms with Gasteiger partial charge >= 0.3 is 0 Å². The van der Waals surface area contributed by atoms with Crippen molar-refractivity contribution in [3.05, 3.63) is 0 Å².